The summed E-state index contributed by atoms with van der Waals surface area (Å²) in [5.74, 6) is -1.80. The number of piperidine rings is 2. The van der Waals surface area contributed by atoms with Crippen molar-refractivity contribution in [1.29, 1.82) is 0 Å². The Morgan fingerprint density at radius 2 is 1.00 bits per heavy atom. The van der Waals surface area contributed by atoms with Crippen molar-refractivity contribution >= 4 is 23.9 Å². The Morgan fingerprint density at radius 1 is 0.633 bits per heavy atom. The average Bonchev–Trinajstić information content (AvgIpc) is 2.93. The molecule has 1 atom stereocenters. The largest absolute Gasteiger partial charge is 0.462 e. The summed E-state index contributed by atoms with van der Waals surface area (Å²) < 4.78 is 21.6. The Kier molecular flexibility index (Phi) is 18.3. The summed E-state index contributed by atoms with van der Waals surface area (Å²) in [7, 11) is 0. The fourth-order valence-electron chi connectivity index (χ4n) is 7.17. The molecule has 2 fully saturated rings. The Balaban J connectivity index is 0.0000120. The molecule has 2 saturated heterocycles. The maximum atomic E-state index is 12.7. The first-order chi connectivity index (χ1) is 22.1. The van der Waals surface area contributed by atoms with E-state index in [-0.39, 0.29) is 62.8 Å². The molecular formula is C36H64N2O10Y. The molecule has 49 heavy (non-hydrogen) atoms. The number of hydrogen-bond donors (Lipinski definition) is 1. The van der Waals surface area contributed by atoms with Crippen molar-refractivity contribution in [3.8, 4) is 0 Å². The van der Waals surface area contributed by atoms with Crippen LogP contribution in [0.1, 0.15) is 153 Å². The summed E-state index contributed by atoms with van der Waals surface area (Å²) >= 11 is 0. The third-order valence-electron chi connectivity index (χ3n) is 9.23. The van der Waals surface area contributed by atoms with Crippen LogP contribution in [0, 0.1) is 5.92 Å². The van der Waals surface area contributed by atoms with E-state index in [2.05, 4.69) is 0 Å². The smallest absolute Gasteiger partial charge is 0.339 e. The summed E-state index contributed by atoms with van der Waals surface area (Å²) in [6, 6.07) is 0. The van der Waals surface area contributed by atoms with Gasteiger partial charge >= 0.3 is 23.9 Å². The number of carbonyl (C=O) groups excluding carboxylic acids is 4. The monoisotopic (exact) mass is 773 g/mol. The van der Waals surface area contributed by atoms with Crippen LogP contribution in [0.2, 0.25) is 0 Å². The zero-order chi connectivity index (χ0) is 36.5. The van der Waals surface area contributed by atoms with E-state index in [1.165, 1.54) is 5.06 Å². The van der Waals surface area contributed by atoms with Gasteiger partial charge in [-0.15, -0.1) is 0 Å². The Hall–Kier alpha value is -1.18. The fourth-order valence-corrected chi connectivity index (χ4v) is 7.17. The number of nitrogens with zero attached hydrogens (tertiary/aromatic N) is 2. The summed E-state index contributed by atoms with van der Waals surface area (Å²) in [6.45, 7) is 20.3. The van der Waals surface area contributed by atoms with Crippen molar-refractivity contribution < 1.29 is 80.9 Å². The first kappa shape index (κ1) is 45.8. The SMILES string of the molecule is CC(C)C(=O)OCOC(=O)C(C)ON1C(C)(C)CC(OC(=O)CCCCCCCCC(=O)OC2CC(C)(C)N(O)C(C)(C)C2)CC1(C)C.[Y]. The predicted octanol–water partition coefficient (Wildman–Crippen LogP) is 6.64. The van der Waals surface area contributed by atoms with Gasteiger partial charge in [0.05, 0.1) is 5.92 Å². The molecule has 2 rings (SSSR count). The second kappa shape index (κ2) is 19.6. The van der Waals surface area contributed by atoms with Gasteiger partial charge in [-0.3, -0.25) is 19.2 Å². The number of ether oxygens (including phenoxy) is 4. The molecule has 2 aliphatic heterocycles. The second-order valence-corrected chi connectivity index (χ2v) is 16.5. The van der Waals surface area contributed by atoms with Crippen LogP contribution >= 0.6 is 0 Å². The Labute approximate surface area is 319 Å². The molecular weight excluding hydrogens is 709 g/mol. The van der Waals surface area contributed by atoms with Gasteiger partial charge in [0, 0.05) is 93.4 Å². The summed E-state index contributed by atoms with van der Waals surface area (Å²) in [4.78, 5) is 55.3. The molecule has 1 N–H and O–H groups in total. The molecule has 0 amide bonds. The molecule has 0 aliphatic carbocycles. The zero-order valence-corrected chi connectivity index (χ0v) is 34.9. The van der Waals surface area contributed by atoms with E-state index >= 15 is 0 Å². The first-order valence-electron chi connectivity index (χ1n) is 17.8. The third-order valence-corrected chi connectivity index (χ3v) is 9.23. The number of rotatable bonds is 17. The summed E-state index contributed by atoms with van der Waals surface area (Å²) in [5.41, 5.74) is -1.99. The standard InChI is InChI=1S/C36H64N2O10.Y/c1-25(2)31(41)44-24-45-32(42)26(3)48-38-35(8,9)22-28(23-36(38,10)11)47-30(40)19-17-15-13-12-14-16-18-29(39)46-27-20-33(4,5)37(43)34(6,7)21-27;/h25-28,43H,12-24H2,1-11H3;. The number of carbonyl (C=O) groups is 4. The van der Waals surface area contributed by atoms with Crippen molar-refractivity contribution in [3.05, 3.63) is 0 Å². The predicted molar refractivity (Wildman–Crippen MR) is 179 cm³/mol. The van der Waals surface area contributed by atoms with Crippen LogP contribution in [0.5, 0.6) is 0 Å². The fraction of sp³-hybridized carbons (Fsp3) is 0.889. The molecule has 0 aromatic heterocycles. The molecule has 2 aliphatic rings. The molecule has 13 heteroatoms. The van der Waals surface area contributed by atoms with E-state index in [0.29, 0.717) is 38.5 Å². The topological polar surface area (TPSA) is 141 Å². The van der Waals surface area contributed by atoms with E-state index in [1.54, 1.807) is 25.8 Å². The number of esters is 4. The molecule has 281 valence electrons. The minimum atomic E-state index is -0.926. The van der Waals surface area contributed by atoms with Crippen LogP contribution in [0.25, 0.3) is 0 Å². The maximum absolute atomic E-state index is 12.7. The number of hydrogen-bond acceptors (Lipinski definition) is 12. The van der Waals surface area contributed by atoms with Gasteiger partial charge in [-0.05, 0) is 75.2 Å². The minimum Gasteiger partial charge on any atom is -0.462 e. The van der Waals surface area contributed by atoms with Crippen molar-refractivity contribution in [2.45, 2.75) is 194 Å². The molecule has 12 nitrogen and oxygen atoms in total. The van der Waals surface area contributed by atoms with Crippen molar-refractivity contribution in [1.82, 2.24) is 10.1 Å². The average molecular weight is 774 g/mol. The number of hydroxylamine groups is 4. The van der Waals surface area contributed by atoms with Gasteiger partial charge in [-0.1, -0.05) is 39.5 Å². The van der Waals surface area contributed by atoms with Gasteiger partial charge in [-0.2, -0.15) is 10.1 Å². The molecule has 2 heterocycles. The van der Waals surface area contributed by atoms with Crippen molar-refractivity contribution in [2.75, 3.05) is 6.79 Å². The molecule has 0 saturated carbocycles. The molecule has 0 spiro atoms. The van der Waals surface area contributed by atoms with E-state index in [4.69, 9.17) is 23.8 Å². The van der Waals surface area contributed by atoms with E-state index in [1.807, 2.05) is 55.4 Å². The minimum absolute atomic E-state index is 0. The van der Waals surface area contributed by atoms with Crippen LogP contribution in [-0.4, -0.2) is 86.5 Å². The molecule has 0 bridgehead atoms. The van der Waals surface area contributed by atoms with Gasteiger partial charge in [-0.25, -0.2) is 4.79 Å². The van der Waals surface area contributed by atoms with Gasteiger partial charge < -0.3 is 24.2 Å². The van der Waals surface area contributed by atoms with Crippen LogP contribution in [0.4, 0.5) is 0 Å². The summed E-state index contributed by atoms with van der Waals surface area (Å²) in [6.07, 6.45) is 6.94. The second-order valence-electron chi connectivity index (χ2n) is 16.5. The number of unbranched alkanes of at least 4 members (excludes halogenated alkanes) is 5. The molecule has 0 aromatic carbocycles. The Morgan fingerprint density at radius 3 is 1.41 bits per heavy atom. The molecule has 1 radical (unpaired) electrons. The Bertz CT molecular complexity index is 1060. The van der Waals surface area contributed by atoms with Gasteiger partial charge in [0.15, 0.2) is 6.10 Å². The van der Waals surface area contributed by atoms with Crippen LogP contribution in [0.3, 0.4) is 0 Å². The molecule has 1 unspecified atom stereocenters. The van der Waals surface area contributed by atoms with E-state index in [0.717, 1.165) is 38.5 Å². The molecule has 0 aromatic rings. The first-order valence-corrected chi connectivity index (χ1v) is 17.8. The summed E-state index contributed by atoms with van der Waals surface area (Å²) in [5, 5.41) is 13.6. The van der Waals surface area contributed by atoms with E-state index in [9.17, 15) is 24.4 Å². The van der Waals surface area contributed by atoms with E-state index < -0.39 is 47.0 Å². The van der Waals surface area contributed by atoms with Gasteiger partial charge in [0.1, 0.15) is 12.2 Å². The van der Waals surface area contributed by atoms with Gasteiger partial charge in [0.25, 0.3) is 0 Å². The van der Waals surface area contributed by atoms with Crippen LogP contribution < -0.4 is 0 Å². The van der Waals surface area contributed by atoms with Crippen LogP contribution in [-0.2, 0) is 75.7 Å². The zero-order valence-electron chi connectivity index (χ0n) is 32.1. The van der Waals surface area contributed by atoms with Crippen molar-refractivity contribution in [3.63, 3.8) is 0 Å². The third kappa shape index (κ3) is 14.8. The quantitative estimate of drug-likeness (QED) is 0.0733. The van der Waals surface area contributed by atoms with Gasteiger partial charge in [0.2, 0.25) is 6.79 Å². The normalized spacial score (nSPS) is 21.3. The maximum Gasteiger partial charge on any atom is 0.339 e. The van der Waals surface area contributed by atoms with Crippen LogP contribution in [0.15, 0.2) is 0 Å². The van der Waals surface area contributed by atoms with Crippen molar-refractivity contribution in [2.24, 2.45) is 5.92 Å².